The maximum atomic E-state index is 5.14. The van der Waals surface area contributed by atoms with Gasteiger partial charge in [0.2, 0.25) is 0 Å². The molecule has 0 saturated carbocycles. The summed E-state index contributed by atoms with van der Waals surface area (Å²) >= 11 is 0. The predicted molar refractivity (Wildman–Crippen MR) is 76.7 cm³/mol. The van der Waals surface area contributed by atoms with Crippen LogP contribution in [0.4, 0.5) is 5.82 Å². The number of fused-ring (bicyclic) bond motifs is 1. The molecule has 0 bridgehead atoms. The first-order valence-corrected chi connectivity index (χ1v) is 6.30. The zero-order valence-corrected chi connectivity index (χ0v) is 11.3. The number of ether oxygens (including phenoxy) is 1. The van der Waals surface area contributed by atoms with Gasteiger partial charge in [0.05, 0.1) is 12.8 Å². The van der Waals surface area contributed by atoms with Gasteiger partial charge in [0, 0.05) is 6.54 Å². The van der Waals surface area contributed by atoms with Crippen LogP contribution >= 0.6 is 0 Å². The second-order valence-corrected chi connectivity index (χ2v) is 4.47. The highest BCUT2D eigenvalue weighted by molar-refractivity contribution is 5.86. The minimum absolute atomic E-state index is 0.669. The fraction of sp³-hybridized carbons (Fsp3) is 0.214. The maximum Gasteiger partial charge on any atom is 0.158 e. The van der Waals surface area contributed by atoms with E-state index < -0.39 is 0 Å². The zero-order valence-electron chi connectivity index (χ0n) is 11.3. The predicted octanol–water partition coefficient (Wildman–Crippen LogP) is 2.28. The Hall–Kier alpha value is -2.63. The Kier molecular flexibility index (Phi) is 3.20. The molecule has 0 fully saturated rings. The molecule has 3 rings (SSSR count). The fourth-order valence-corrected chi connectivity index (χ4v) is 2.01. The zero-order chi connectivity index (χ0) is 13.9. The van der Waals surface area contributed by atoms with Gasteiger partial charge >= 0.3 is 0 Å². The quantitative estimate of drug-likeness (QED) is 0.760. The molecule has 0 aliphatic heterocycles. The van der Waals surface area contributed by atoms with E-state index in [1.165, 1.54) is 0 Å². The Morgan fingerprint density at radius 3 is 2.70 bits per heavy atom. The van der Waals surface area contributed by atoms with Crippen LogP contribution in [0.1, 0.15) is 11.3 Å². The summed E-state index contributed by atoms with van der Waals surface area (Å²) in [7, 11) is 1.66. The first kappa shape index (κ1) is 12.4. The molecule has 20 heavy (non-hydrogen) atoms. The van der Waals surface area contributed by atoms with Crippen LogP contribution in [-0.4, -0.2) is 27.3 Å². The van der Waals surface area contributed by atoms with Gasteiger partial charge in [0.1, 0.15) is 17.6 Å². The lowest BCUT2D eigenvalue weighted by molar-refractivity contribution is 0.414. The van der Waals surface area contributed by atoms with Crippen molar-refractivity contribution in [3.63, 3.8) is 0 Å². The van der Waals surface area contributed by atoms with E-state index in [1.54, 1.807) is 13.4 Å². The van der Waals surface area contributed by atoms with Crippen molar-refractivity contribution < 1.29 is 4.74 Å². The Balaban J connectivity index is 1.79. The normalized spacial score (nSPS) is 10.7. The summed E-state index contributed by atoms with van der Waals surface area (Å²) < 4.78 is 5.14. The number of H-pyrrole nitrogens is 1. The number of aromatic nitrogens is 4. The molecular weight excluding hydrogens is 254 g/mol. The molecule has 1 aromatic carbocycles. The number of hydrogen-bond donors (Lipinski definition) is 2. The molecular formula is C14H15N5O. The second-order valence-electron chi connectivity index (χ2n) is 4.47. The average Bonchev–Trinajstić information content (AvgIpc) is 2.88. The van der Waals surface area contributed by atoms with Gasteiger partial charge in [0.25, 0.3) is 0 Å². The van der Waals surface area contributed by atoms with Gasteiger partial charge in [-0.3, -0.25) is 5.10 Å². The molecule has 0 unspecified atom stereocenters. The van der Waals surface area contributed by atoms with Crippen molar-refractivity contribution in [2.75, 3.05) is 12.4 Å². The number of benzene rings is 1. The lowest BCUT2D eigenvalue weighted by Gasteiger charge is -2.06. The topological polar surface area (TPSA) is 75.7 Å². The van der Waals surface area contributed by atoms with Crippen LogP contribution in [0.15, 0.2) is 30.6 Å². The van der Waals surface area contributed by atoms with E-state index in [9.17, 15) is 0 Å². The Morgan fingerprint density at radius 2 is 1.95 bits per heavy atom. The van der Waals surface area contributed by atoms with E-state index in [-0.39, 0.29) is 0 Å². The Labute approximate surface area is 116 Å². The number of rotatable bonds is 4. The van der Waals surface area contributed by atoms with Crippen LogP contribution in [0.5, 0.6) is 5.75 Å². The largest absolute Gasteiger partial charge is 0.497 e. The monoisotopic (exact) mass is 269 g/mol. The summed E-state index contributed by atoms with van der Waals surface area (Å²) in [5, 5.41) is 10.4. The van der Waals surface area contributed by atoms with Gasteiger partial charge in [-0.2, -0.15) is 5.10 Å². The molecule has 3 aromatic rings. The number of aromatic amines is 1. The van der Waals surface area contributed by atoms with Crippen molar-refractivity contribution in [1.29, 1.82) is 0 Å². The Bertz CT molecular complexity index is 720. The van der Waals surface area contributed by atoms with E-state index in [2.05, 4.69) is 25.5 Å². The van der Waals surface area contributed by atoms with Gasteiger partial charge in [-0.25, -0.2) is 9.97 Å². The van der Waals surface area contributed by atoms with E-state index in [4.69, 9.17) is 4.74 Å². The van der Waals surface area contributed by atoms with Gasteiger partial charge < -0.3 is 10.1 Å². The first-order valence-electron chi connectivity index (χ1n) is 6.30. The van der Waals surface area contributed by atoms with Crippen molar-refractivity contribution in [3.05, 3.63) is 41.9 Å². The van der Waals surface area contributed by atoms with Gasteiger partial charge in [0.15, 0.2) is 11.3 Å². The Morgan fingerprint density at radius 1 is 1.15 bits per heavy atom. The summed E-state index contributed by atoms with van der Waals surface area (Å²) in [5.74, 6) is 1.58. The van der Waals surface area contributed by atoms with Crippen molar-refractivity contribution in [1.82, 2.24) is 20.2 Å². The number of aryl methyl sites for hydroxylation is 1. The number of anilines is 1. The molecule has 2 heterocycles. The summed E-state index contributed by atoms with van der Waals surface area (Å²) in [6.45, 7) is 2.61. The van der Waals surface area contributed by atoms with Crippen LogP contribution in [0, 0.1) is 6.92 Å². The van der Waals surface area contributed by atoms with E-state index in [0.29, 0.717) is 6.54 Å². The van der Waals surface area contributed by atoms with Crippen molar-refractivity contribution >= 4 is 16.9 Å². The van der Waals surface area contributed by atoms with Crippen molar-refractivity contribution in [2.24, 2.45) is 0 Å². The molecule has 0 amide bonds. The fourth-order valence-electron chi connectivity index (χ4n) is 2.01. The molecule has 0 aliphatic carbocycles. The molecule has 6 nitrogen and oxygen atoms in total. The lowest BCUT2D eigenvalue weighted by atomic mass is 10.2. The molecule has 6 heteroatoms. The minimum atomic E-state index is 0.669. The highest BCUT2D eigenvalue weighted by Crippen LogP contribution is 2.19. The van der Waals surface area contributed by atoms with Crippen LogP contribution in [0.3, 0.4) is 0 Å². The summed E-state index contributed by atoms with van der Waals surface area (Å²) in [4.78, 5) is 8.46. The molecule has 0 spiro atoms. The van der Waals surface area contributed by atoms with Crippen LogP contribution in [-0.2, 0) is 6.54 Å². The standard InChI is InChI=1S/C14H15N5O/c1-9-12-13(19-18-9)14(17-8-16-12)15-7-10-3-5-11(20-2)6-4-10/h3-6,8H,7H2,1-2H3,(H,18,19)(H,15,16,17). The van der Waals surface area contributed by atoms with E-state index in [1.807, 2.05) is 31.2 Å². The lowest BCUT2D eigenvalue weighted by Crippen LogP contribution is -2.02. The van der Waals surface area contributed by atoms with Crippen LogP contribution in [0.25, 0.3) is 11.0 Å². The maximum absolute atomic E-state index is 5.14. The van der Waals surface area contributed by atoms with Crippen molar-refractivity contribution in [2.45, 2.75) is 13.5 Å². The van der Waals surface area contributed by atoms with Gasteiger partial charge in [-0.05, 0) is 24.6 Å². The average molecular weight is 269 g/mol. The number of hydrogen-bond acceptors (Lipinski definition) is 5. The van der Waals surface area contributed by atoms with Crippen LogP contribution in [0.2, 0.25) is 0 Å². The minimum Gasteiger partial charge on any atom is -0.497 e. The summed E-state index contributed by atoms with van der Waals surface area (Å²) in [5.41, 5.74) is 3.69. The smallest absolute Gasteiger partial charge is 0.158 e. The summed E-state index contributed by atoms with van der Waals surface area (Å²) in [6, 6.07) is 7.90. The van der Waals surface area contributed by atoms with E-state index >= 15 is 0 Å². The van der Waals surface area contributed by atoms with Crippen molar-refractivity contribution in [3.8, 4) is 5.75 Å². The number of nitrogens with zero attached hydrogens (tertiary/aromatic N) is 3. The highest BCUT2D eigenvalue weighted by Gasteiger charge is 2.08. The first-order chi connectivity index (χ1) is 9.78. The third kappa shape index (κ3) is 2.27. The molecule has 102 valence electrons. The summed E-state index contributed by atoms with van der Waals surface area (Å²) in [6.07, 6.45) is 1.54. The molecule has 2 aromatic heterocycles. The number of methoxy groups -OCH3 is 1. The van der Waals surface area contributed by atoms with Crippen LogP contribution < -0.4 is 10.1 Å². The molecule has 0 radical (unpaired) electrons. The second kappa shape index (κ2) is 5.16. The number of nitrogens with one attached hydrogen (secondary N) is 2. The van der Waals surface area contributed by atoms with Gasteiger partial charge in [-0.15, -0.1) is 0 Å². The molecule has 0 atom stereocenters. The van der Waals surface area contributed by atoms with E-state index in [0.717, 1.165) is 33.9 Å². The third-order valence-corrected chi connectivity index (χ3v) is 3.13. The SMILES string of the molecule is COc1ccc(CNc2ncnc3c(C)[nH]nc23)cc1. The molecule has 0 aliphatic rings. The highest BCUT2D eigenvalue weighted by atomic mass is 16.5. The molecule has 0 saturated heterocycles. The van der Waals surface area contributed by atoms with Gasteiger partial charge in [-0.1, -0.05) is 12.1 Å². The third-order valence-electron chi connectivity index (χ3n) is 3.13. The molecule has 2 N–H and O–H groups in total.